The van der Waals surface area contributed by atoms with Gasteiger partial charge >= 0.3 is 0 Å². The minimum absolute atomic E-state index is 0.233. The maximum atomic E-state index is 3.69. The van der Waals surface area contributed by atoms with E-state index in [-0.39, 0.29) is 5.41 Å². The van der Waals surface area contributed by atoms with Gasteiger partial charge in [0.05, 0.1) is 0 Å². The molecule has 0 nitrogen and oxygen atoms in total. The molecule has 0 N–H and O–H groups in total. The zero-order valence-corrected chi connectivity index (χ0v) is 14.3. The molecule has 0 amide bonds. The fourth-order valence-corrected chi connectivity index (χ4v) is 3.00. The summed E-state index contributed by atoms with van der Waals surface area (Å²) in [6.07, 6.45) is 1.25. The maximum Gasteiger partial charge on any atom is 0.0100 e. The number of alkyl halides is 1. The topological polar surface area (TPSA) is 0 Å². The largest absolute Gasteiger partial charge is 0.0921 e. The van der Waals surface area contributed by atoms with Gasteiger partial charge in [-0.25, -0.2) is 0 Å². The van der Waals surface area contributed by atoms with E-state index in [2.05, 4.69) is 75.7 Å². The highest BCUT2D eigenvalue weighted by Crippen LogP contribution is 2.32. The van der Waals surface area contributed by atoms with E-state index in [1.807, 2.05) is 0 Å². The Kier molecular flexibility index (Phi) is 5.46. The van der Waals surface area contributed by atoms with Crippen LogP contribution in [0.2, 0.25) is 0 Å². The minimum Gasteiger partial charge on any atom is -0.0921 e. The van der Waals surface area contributed by atoms with Gasteiger partial charge in [-0.15, -0.1) is 0 Å². The summed E-state index contributed by atoms with van der Waals surface area (Å²) in [6.45, 7) is 13.7. The Morgan fingerprint density at radius 2 is 1.78 bits per heavy atom. The Bertz CT molecular complexity index is 385. The van der Waals surface area contributed by atoms with E-state index < -0.39 is 0 Å². The summed E-state index contributed by atoms with van der Waals surface area (Å²) in [5, 5.41) is 1.06. The second kappa shape index (κ2) is 6.23. The zero-order chi connectivity index (χ0) is 13.9. The van der Waals surface area contributed by atoms with Crippen molar-refractivity contribution in [3.63, 3.8) is 0 Å². The third kappa shape index (κ3) is 4.12. The quantitative estimate of drug-likeness (QED) is 0.615. The summed E-state index contributed by atoms with van der Waals surface area (Å²) in [5.41, 5.74) is 4.62. The van der Waals surface area contributed by atoms with E-state index in [0.29, 0.717) is 5.92 Å². The molecule has 0 spiro atoms. The lowest BCUT2D eigenvalue weighted by Gasteiger charge is -2.24. The van der Waals surface area contributed by atoms with E-state index in [4.69, 9.17) is 0 Å². The molecule has 1 aromatic carbocycles. The van der Waals surface area contributed by atoms with Crippen molar-refractivity contribution < 1.29 is 0 Å². The third-order valence-electron chi connectivity index (χ3n) is 3.53. The molecule has 0 heterocycles. The van der Waals surface area contributed by atoms with Crippen LogP contribution < -0.4 is 0 Å². The van der Waals surface area contributed by atoms with Crippen LogP contribution in [0.3, 0.4) is 0 Å². The smallest absolute Gasteiger partial charge is 0.0100 e. The molecular weight excluding hydrogens is 284 g/mol. The SMILES string of the molecule is Cc1ccc(C(C)(C)C)cc1C(CBr)CC(C)C. The monoisotopic (exact) mass is 310 g/mol. The molecule has 0 aliphatic rings. The molecule has 0 saturated heterocycles. The normalized spacial score (nSPS) is 14.0. The van der Waals surface area contributed by atoms with Crippen LogP contribution in [0.15, 0.2) is 18.2 Å². The first-order valence-electron chi connectivity index (χ1n) is 6.92. The Morgan fingerprint density at radius 3 is 2.22 bits per heavy atom. The van der Waals surface area contributed by atoms with Crippen molar-refractivity contribution >= 4 is 15.9 Å². The lowest BCUT2D eigenvalue weighted by Crippen LogP contribution is -2.13. The summed E-state index contributed by atoms with van der Waals surface area (Å²) >= 11 is 3.69. The summed E-state index contributed by atoms with van der Waals surface area (Å²) in [7, 11) is 0. The zero-order valence-electron chi connectivity index (χ0n) is 12.7. The van der Waals surface area contributed by atoms with Gasteiger partial charge in [-0.2, -0.15) is 0 Å². The molecule has 0 aliphatic heterocycles. The molecule has 0 aliphatic carbocycles. The molecule has 1 heteroatoms. The average Bonchev–Trinajstić information content (AvgIpc) is 2.25. The summed E-state index contributed by atoms with van der Waals surface area (Å²) in [4.78, 5) is 0. The van der Waals surface area contributed by atoms with Gasteiger partial charge in [-0.05, 0) is 47.3 Å². The summed E-state index contributed by atoms with van der Waals surface area (Å²) in [6, 6.07) is 6.98. The fourth-order valence-electron chi connectivity index (χ4n) is 2.39. The number of hydrogen-bond donors (Lipinski definition) is 0. The molecule has 1 rings (SSSR count). The highest BCUT2D eigenvalue weighted by Gasteiger charge is 2.19. The molecule has 0 saturated carbocycles. The standard InChI is InChI=1S/C17H27Br/c1-12(2)9-14(11-18)16-10-15(17(4,5)6)8-7-13(16)3/h7-8,10,12,14H,9,11H2,1-6H3. The highest BCUT2D eigenvalue weighted by atomic mass is 79.9. The van der Waals surface area contributed by atoms with Gasteiger partial charge in [0.1, 0.15) is 0 Å². The van der Waals surface area contributed by atoms with E-state index in [9.17, 15) is 0 Å². The van der Waals surface area contributed by atoms with Crippen molar-refractivity contribution in [2.24, 2.45) is 5.92 Å². The van der Waals surface area contributed by atoms with Crippen molar-refractivity contribution in [2.45, 2.75) is 59.3 Å². The number of aryl methyl sites for hydroxylation is 1. The molecule has 18 heavy (non-hydrogen) atoms. The number of hydrogen-bond acceptors (Lipinski definition) is 0. The van der Waals surface area contributed by atoms with Crippen LogP contribution in [0.1, 0.15) is 63.6 Å². The third-order valence-corrected chi connectivity index (χ3v) is 4.31. The average molecular weight is 311 g/mol. The predicted octanol–water partition coefficient (Wildman–Crippen LogP) is 5.82. The van der Waals surface area contributed by atoms with Crippen molar-refractivity contribution in [3.05, 3.63) is 34.9 Å². The van der Waals surface area contributed by atoms with Crippen molar-refractivity contribution in [1.29, 1.82) is 0 Å². The predicted molar refractivity (Wildman–Crippen MR) is 85.9 cm³/mol. The maximum absolute atomic E-state index is 3.69. The fraction of sp³-hybridized carbons (Fsp3) is 0.647. The van der Waals surface area contributed by atoms with Crippen LogP contribution in [-0.4, -0.2) is 5.33 Å². The molecule has 1 unspecified atom stereocenters. The van der Waals surface area contributed by atoms with Crippen LogP contribution >= 0.6 is 15.9 Å². The highest BCUT2D eigenvalue weighted by molar-refractivity contribution is 9.09. The van der Waals surface area contributed by atoms with Gasteiger partial charge in [-0.3, -0.25) is 0 Å². The number of halogens is 1. The van der Waals surface area contributed by atoms with Gasteiger partial charge < -0.3 is 0 Å². The molecule has 0 aromatic heterocycles. The molecule has 0 bridgehead atoms. The minimum atomic E-state index is 0.233. The van der Waals surface area contributed by atoms with Crippen LogP contribution in [-0.2, 0) is 5.41 Å². The lowest BCUT2D eigenvalue weighted by molar-refractivity contribution is 0.525. The first kappa shape index (κ1) is 15.8. The Labute approximate surface area is 121 Å². The van der Waals surface area contributed by atoms with Crippen LogP contribution in [0.4, 0.5) is 0 Å². The van der Waals surface area contributed by atoms with Gasteiger partial charge in [0.25, 0.3) is 0 Å². The Morgan fingerprint density at radius 1 is 1.17 bits per heavy atom. The van der Waals surface area contributed by atoms with E-state index >= 15 is 0 Å². The molecule has 1 aromatic rings. The first-order chi connectivity index (χ1) is 8.25. The van der Waals surface area contributed by atoms with E-state index in [0.717, 1.165) is 11.2 Å². The lowest BCUT2D eigenvalue weighted by atomic mass is 9.82. The van der Waals surface area contributed by atoms with Gasteiger partial charge in [0.2, 0.25) is 0 Å². The van der Waals surface area contributed by atoms with Gasteiger partial charge in [0, 0.05) is 5.33 Å². The molecular formula is C17H27Br. The van der Waals surface area contributed by atoms with Crippen molar-refractivity contribution in [2.75, 3.05) is 5.33 Å². The van der Waals surface area contributed by atoms with E-state index in [1.54, 1.807) is 0 Å². The van der Waals surface area contributed by atoms with Gasteiger partial charge in [-0.1, -0.05) is 68.7 Å². The molecule has 1 atom stereocenters. The second-order valence-corrected chi connectivity index (χ2v) is 7.45. The van der Waals surface area contributed by atoms with Crippen LogP contribution in [0.5, 0.6) is 0 Å². The van der Waals surface area contributed by atoms with E-state index in [1.165, 1.54) is 23.1 Å². The van der Waals surface area contributed by atoms with Crippen LogP contribution in [0.25, 0.3) is 0 Å². The summed E-state index contributed by atoms with van der Waals surface area (Å²) < 4.78 is 0. The molecule has 102 valence electrons. The first-order valence-corrected chi connectivity index (χ1v) is 8.04. The van der Waals surface area contributed by atoms with Crippen molar-refractivity contribution in [3.8, 4) is 0 Å². The summed E-state index contributed by atoms with van der Waals surface area (Å²) in [5.74, 6) is 1.37. The number of rotatable bonds is 4. The van der Waals surface area contributed by atoms with Crippen molar-refractivity contribution in [1.82, 2.24) is 0 Å². The van der Waals surface area contributed by atoms with Crippen LogP contribution in [0, 0.1) is 12.8 Å². The Hall–Kier alpha value is -0.300. The Balaban J connectivity index is 3.13. The molecule has 0 fully saturated rings. The molecule has 0 radical (unpaired) electrons. The number of benzene rings is 1. The van der Waals surface area contributed by atoms with Gasteiger partial charge in [0.15, 0.2) is 0 Å². The second-order valence-electron chi connectivity index (χ2n) is 6.80.